The molecule has 0 aliphatic rings. The Balaban J connectivity index is 2.35. The van der Waals surface area contributed by atoms with Gasteiger partial charge in [-0.25, -0.2) is 4.79 Å². The summed E-state index contributed by atoms with van der Waals surface area (Å²) in [7, 11) is 0. The highest BCUT2D eigenvalue weighted by molar-refractivity contribution is 6.32. The van der Waals surface area contributed by atoms with Gasteiger partial charge < -0.3 is 9.84 Å². The number of ether oxygens (including phenoxy) is 1. The van der Waals surface area contributed by atoms with Crippen LogP contribution in [0.15, 0.2) is 42.5 Å². The van der Waals surface area contributed by atoms with Crippen molar-refractivity contribution in [3.05, 3.63) is 58.6 Å². The minimum atomic E-state index is -4.52. The number of alkyl halides is 3. The first-order chi connectivity index (χ1) is 9.77. The van der Waals surface area contributed by atoms with Crippen molar-refractivity contribution < 1.29 is 27.8 Å². The highest BCUT2D eigenvalue weighted by Crippen LogP contribution is 2.36. The maximum Gasteiger partial charge on any atom is 0.416 e. The van der Waals surface area contributed by atoms with Crippen molar-refractivity contribution in [3.63, 3.8) is 0 Å². The van der Waals surface area contributed by atoms with Gasteiger partial charge in [0.25, 0.3) is 0 Å². The molecule has 0 atom stereocenters. The Bertz CT molecular complexity index is 683. The SMILES string of the molecule is O=C(O)c1cccc(Oc2cc(C(F)(F)F)ccc2Cl)c1. The summed E-state index contributed by atoms with van der Waals surface area (Å²) in [5.74, 6) is -1.29. The van der Waals surface area contributed by atoms with Crippen LogP contribution in [0.1, 0.15) is 15.9 Å². The van der Waals surface area contributed by atoms with Crippen LogP contribution >= 0.6 is 11.6 Å². The van der Waals surface area contributed by atoms with Crippen LogP contribution in [0.5, 0.6) is 11.5 Å². The Morgan fingerprint density at radius 2 is 1.86 bits per heavy atom. The van der Waals surface area contributed by atoms with E-state index in [1.54, 1.807) is 0 Å². The van der Waals surface area contributed by atoms with E-state index >= 15 is 0 Å². The molecule has 0 saturated heterocycles. The quantitative estimate of drug-likeness (QED) is 0.880. The third kappa shape index (κ3) is 3.66. The molecule has 7 heteroatoms. The Labute approximate surface area is 122 Å². The van der Waals surface area contributed by atoms with Crippen molar-refractivity contribution in [2.24, 2.45) is 0 Å². The fraction of sp³-hybridized carbons (Fsp3) is 0.0714. The second-order valence-electron chi connectivity index (χ2n) is 4.08. The van der Waals surface area contributed by atoms with Gasteiger partial charge in [-0.15, -0.1) is 0 Å². The number of rotatable bonds is 3. The highest BCUT2D eigenvalue weighted by atomic mass is 35.5. The second-order valence-corrected chi connectivity index (χ2v) is 4.49. The lowest BCUT2D eigenvalue weighted by molar-refractivity contribution is -0.137. The molecular weight excluding hydrogens is 309 g/mol. The number of carbonyl (C=O) groups is 1. The fourth-order valence-electron chi connectivity index (χ4n) is 1.58. The van der Waals surface area contributed by atoms with Crippen molar-refractivity contribution >= 4 is 17.6 Å². The van der Waals surface area contributed by atoms with E-state index in [1.165, 1.54) is 24.3 Å². The molecule has 2 aromatic rings. The van der Waals surface area contributed by atoms with E-state index in [-0.39, 0.29) is 22.1 Å². The molecule has 3 nitrogen and oxygen atoms in total. The van der Waals surface area contributed by atoms with Gasteiger partial charge in [0.05, 0.1) is 16.1 Å². The van der Waals surface area contributed by atoms with Crippen LogP contribution in [0, 0.1) is 0 Å². The molecule has 0 bridgehead atoms. The largest absolute Gasteiger partial charge is 0.478 e. The van der Waals surface area contributed by atoms with Crippen LogP contribution in [0.2, 0.25) is 5.02 Å². The van der Waals surface area contributed by atoms with Gasteiger partial charge in [-0.1, -0.05) is 17.7 Å². The third-order valence-corrected chi connectivity index (χ3v) is 2.88. The Morgan fingerprint density at radius 1 is 1.14 bits per heavy atom. The zero-order chi connectivity index (χ0) is 15.6. The molecule has 0 spiro atoms. The fourth-order valence-corrected chi connectivity index (χ4v) is 1.73. The standard InChI is InChI=1S/C14H8ClF3O3/c15-11-5-4-9(14(16,17)18)7-12(11)21-10-3-1-2-8(6-10)13(19)20/h1-7H,(H,19,20). The molecule has 0 saturated carbocycles. The summed E-state index contributed by atoms with van der Waals surface area (Å²) >= 11 is 5.79. The van der Waals surface area contributed by atoms with E-state index in [9.17, 15) is 18.0 Å². The lowest BCUT2D eigenvalue weighted by Crippen LogP contribution is -2.04. The molecule has 0 aliphatic heterocycles. The number of benzene rings is 2. The predicted molar refractivity (Wildman–Crippen MR) is 69.9 cm³/mol. The molecule has 2 rings (SSSR count). The topological polar surface area (TPSA) is 46.5 Å². The maximum absolute atomic E-state index is 12.6. The van der Waals surface area contributed by atoms with Gasteiger partial charge in [0, 0.05) is 0 Å². The number of hydrogen-bond acceptors (Lipinski definition) is 2. The minimum absolute atomic E-state index is 0.0104. The van der Waals surface area contributed by atoms with E-state index in [0.29, 0.717) is 0 Å². The van der Waals surface area contributed by atoms with Crippen LogP contribution in [0.25, 0.3) is 0 Å². The van der Waals surface area contributed by atoms with Crippen molar-refractivity contribution in [2.75, 3.05) is 0 Å². The minimum Gasteiger partial charge on any atom is -0.478 e. The molecule has 0 fully saturated rings. The normalized spacial score (nSPS) is 11.2. The number of halogens is 4. The molecule has 0 unspecified atom stereocenters. The van der Waals surface area contributed by atoms with E-state index in [2.05, 4.69) is 0 Å². The zero-order valence-electron chi connectivity index (χ0n) is 10.3. The van der Waals surface area contributed by atoms with Gasteiger partial charge in [0.2, 0.25) is 0 Å². The predicted octanol–water partition coefficient (Wildman–Crippen LogP) is 4.85. The third-order valence-electron chi connectivity index (χ3n) is 2.57. The van der Waals surface area contributed by atoms with Crippen LogP contribution in [0.3, 0.4) is 0 Å². The van der Waals surface area contributed by atoms with Crippen LogP contribution in [-0.4, -0.2) is 11.1 Å². The molecule has 21 heavy (non-hydrogen) atoms. The van der Waals surface area contributed by atoms with Gasteiger partial charge in [-0.05, 0) is 36.4 Å². The van der Waals surface area contributed by atoms with Crippen molar-refractivity contribution in [1.29, 1.82) is 0 Å². The molecule has 1 N–H and O–H groups in total. The molecule has 0 aliphatic carbocycles. The van der Waals surface area contributed by atoms with Crippen molar-refractivity contribution in [1.82, 2.24) is 0 Å². The summed E-state index contributed by atoms with van der Waals surface area (Å²) in [6.45, 7) is 0. The Kier molecular flexibility index (Phi) is 4.09. The van der Waals surface area contributed by atoms with E-state index in [4.69, 9.17) is 21.4 Å². The number of carboxylic acids is 1. The number of aromatic carboxylic acids is 1. The van der Waals surface area contributed by atoms with Gasteiger partial charge in [0.1, 0.15) is 11.5 Å². The van der Waals surface area contributed by atoms with Gasteiger partial charge in [0.15, 0.2) is 0 Å². The lowest BCUT2D eigenvalue weighted by Gasteiger charge is -2.12. The van der Waals surface area contributed by atoms with Crippen LogP contribution in [0.4, 0.5) is 13.2 Å². The average molecular weight is 317 g/mol. The zero-order valence-corrected chi connectivity index (χ0v) is 11.1. The monoisotopic (exact) mass is 316 g/mol. The maximum atomic E-state index is 12.6. The van der Waals surface area contributed by atoms with Gasteiger partial charge in [-0.3, -0.25) is 0 Å². The number of carboxylic acid groups (broad SMARTS) is 1. The average Bonchev–Trinajstić information content (AvgIpc) is 2.40. The summed E-state index contributed by atoms with van der Waals surface area (Å²) in [5, 5.41) is 8.84. The lowest BCUT2D eigenvalue weighted by atomic mass is 10.2. The smallest absolute Gasteiger partial charge is 0.416 e. The molecule has 110 valence electrons. The summed E-state index contributed by atoms with van der Waals surface area (Å²) < 4.78 is 43.1. The molecule has 2 aromatic carbocycles. The molecule has 0 heterocycles. The Morgan fingerprint density at radius 3 is 2.48 bits per heavy atom. The first kappa shape index (κ1) is 15.2. The number of hydrogen-bond donors (Lipinski definition) is 1. The van der Waals surface area contributed by atoms with E-state index in [1.807, 2.05) is 0 Å². The first-order valence-electron chi connectivity index (χ1n) is 5.65. The highest BCUT2D eigenvalue weighted by Gasteiger charge is 2.31. The van der Waals surface area contributed by atoms with E-state index < -0.39 is 17.7 Å². The molecular formula is C14H8ClF3O3. The van der Waals surface area contributed by atoms with E-state index in [0.717, 1.165) is 18.2 Å². The van der Waals surface area contributed by atoms with Gasteiger partial charge in [-0.2, -0.15) is 13.2 Å². The van der Waals surface area contributed by atoms with Crippen LogP contribution < -0.4 is 4.74 Å². The van der Waals surface area contributed by atoms with Crippen LogP contribution in [-0.2, 0) is 6.18 Å². The van der Waals surface area contributed by atoms with Gasteiger partial charge >= 0.3 is 12.1 Å². The molecule has 0 aromatic heterocycles. The summed E-state index contributed by atoms with van der Waals surface area (Å²) in [6.07, 6.45) is -4.52. The Hall–Kier alpha value is -2.21. The summed E-state index contributed by atoms with van der Waals surface area (Å²) in [5.41, 5.74) is -0.952. The molecule has 0 amide bonds. The first-order valence-corrected chi connectivity index (χ1v) is 6.03. The second kappa shape index (κ2) is 5.65. The molecule has 0 radical (unpaired) electrons. The summed E-state index contributed by atoms with van der Waals surface area (Å²) in [6, 6.07) is 8.03. The summed E-state index contributed by atoms with van der Waals surface area (Å²) in [4.78, 5) is 10.8. The van der Waals surface area contributed by atoms with Crippen molar-refractivity contribution in [3.8, 4) is 11.5 Å². The van der Waals surface area contributed by atoms with Crippen molar-refractivity contribution in [2.45, 2.75) is 6.18 Å².